The molecule has 4 heteroatoms. The van der Waals surface area contributed by atoms with Crippen molar-refractivity contribution in [2.24, 2.45) is 0 Å². The monoisotopic (exact) mass is 197 g/mol. The van der Waals surface area contributed by atoms with E-state index in [4.69, 9.17) is 5.11 Å². The van der Waals surface area contributed by atoms with Crippen LogP contribution >= 0.6 is 0 Å². The van der Waals surface area contributed by atoms with Crippen LogP contribution in [-0.4, -0.2) is 35.0 Å². The molecule has 1 heterocycles. The quantitative estimate of drug-likeness (QED) is 0.683. The highest BCUT2D eigenvalue weighted by molar-refractivity contribution is 5.86. The lowest BCUT2D eigenvalue weighted by atomic mass is 10.1. The highest BCUT2D eigenvalue weighted by atomic mass is 16.4. The maximum Gasteiger partial charge on any atom is 0.331 e. The van der Waals surface area contributed by atoms with E-state index in [1.54, 1.807) is 11.0 Å². The van der Waals surface area contributed by atoms with Crippen molar-refractivity contribution in [3.63, 3.8) is 0 Å². The number of carboxylic acids is 1. The maximum absolute atomic E-state index is 11.1. The van der Waals surface area contributed by atoms with E-state index in [0.717, 1.165) is 19.4 Å². The molecule has 0 aromatic carbocycles. The van der Waals surface area contributed by atoms with E-state index in [-0.39, 0.29) is 5.91 Å². The fraction of sp³-hybridized carbons (Fsp3) is 0.600. The van der Waals surface area contributed by atoms with Gasteiger partial charge in [0, 0.05) is 25.6 Å². The molecule has 1 amide bonds. The molecule has 1 N–H and O–H groups in total. The lowest BCUT2D eigenvalue weighted by Gasteiger charge is -2.22. The van der Waals surface area contributed by atoms with Crippen LogP contribution in [0.15, 0.2) is 11.6 Å². The largest absolute Gasteiger partial charge is 0.478 e. The molecule has 0 aliphatic carbocycles. The SMILES string of the molecule is CC(=O)N1CCC/C=C(/C(=O)O)CC1. The standard InChI is InChI=1S/C10H15NO3/c1-8(12)11-6-3-2-4-9(5-7-11)10(13)14/h4H,2-3,5-7H2,1H3,(H,13,14)/b9-4+. The number of carboxylic acid groups (broad SMARTS) is 1. The number of carbonyl (C=O) groups excluding carboxylic acids is 1. The van der Waals surface area contributed by atoms with Gasteiger partial charge >= 0.3 is 5.97 Å². The molecule has 0 unspecified atom stereocenters. The van der Waals surface area contributed by atoms with Crippen LogP contribution in [0.4, 0.5) is 0 Å². The van der Waals surface area contributed by atoms with Gasteiger partial charge in [0.15, 0.2) is 0 Å². The summed E-state index contributed by atoms with van der Waals surface area (Å²) < 4.78 is 0. The van der Waals surface area contributed by atoms with Gasteiger partial charge in [-0.05, 0) is 19.3 Å². The minimum atomic E-state index is -0.865. The summed E-state index contributed by atoms with van der Waals surface area (Å²) in [6.45, 7) is 2.78. The second-order valence-electron chi connectivity index (χ2n) is 3.43. The van der Waals surface area contributed by atoms with Crippen LogP contribution in [0.1, 0.15) is 26.2 Å². The molecular formula is C10H15NO3. The second kappa shape index (κ2) is 4.79. The molecule has 0 aromatic heterocycles. The first-order valence-electron chi connectivity index (χ1n) is 4.79. The Bertz CT molecular complexity index is 271. The third kappa shape index (κ3) is 2.87. The Morgan fingerprint density at radius 3 is 2.71 bits per heavy atom. The van der Waals surface area contributed by atoms with Gasteiger partial charge in [0.2, 0.25) is 5.91 Å². The first kappa shape index (κ1) is 10.8. The normalized spacial score (nSPS) is 21.8. The Morgan fingerprint density at radius 2 is 2.14 bits per heavy atom. The average Bonchev–Trinajstić information content (AvgIpc) is 2.01. The van der Waals surface area contributed by atoms with Gasteiger partial charge in [0.1, 0.15) is 0 Å². The number of hydrogen-bond donors (Lipinski definition) is 1. The van der Waals surface area contributed by atoms with E-state index in [9.17, 15) is 9.59 Å². The zero-order valence-corrected chi connectivity index (χ0v) is 8.32. The molecule has 0 saturated heterocycles. The molecule has 0 spiro atoms. The molecular weight excluding hydrogens is 182 g/mol. The van der Waals surface area contributed by atoms with Crippen LogP contribution in [0.25, 0.3) is 0 Å². The van der Waals surface area contributed by atoms with E-state index in [1.807, 2.05) is 0 Å². The van der Waals surface area contributed by atoms with Crippen molar-refractivity contribution in [2.45, 2.75) is 26.2 Å². The predicted octanol–water partition coefficient (Wildman–Crippen LogP) is 1.03. The van der Waals surface area contributed by atoms with Crippen molar-refractivity contribution in [1.82, 2.24) is 4.90 Å². The number of aliphatic carboxylic acids is 1. The van der Waals surface area contributed by atoms with Gasteiger partial charge in [-0.2, -0.15) is 0 Å². The van der Waals surface area contributed by atoms with E-state index in [1.165, 1.54) is 6.92 Å². The van der Waals surface area contributed by atoms with Crippen LogP contribution < -0.4 is 0 Å². The van der Waals surface area contributed by atoms with Gasteiger partial charge in [-0.15, -0.1) is 0 Å². The summed E-state index contributed by atoms with van der Waals surface area (Å²) in [6.07, 6.45) is 3.80. The number of hydrogen-bond acceptors (Lipinski definition) is 2. The average molecular weight is 197 g/mol. The van der Waals surface area contributed by atoms with Crippen molar-refractivity contribution >= 4 is 11.9 Å². The van der Waals surface area contributed by atoms with E-state index < -0.39 is 5.97 Å². The molecule has 0 radical (unpaired) electrons. The first-order valence-corrected chi connectivity index (χ1v) is 4.79. The van der Waals surface area contributed by atoms with E-state index >= 15 is 0 Å². The Morgan fingerprint density at radius 1 is 1.43 bits per heavy atom. The lowest BCUT2D eigenvalue weighted by molar-refractivity contribution is -0.134. The summed E-state index contributed by atoms with van der Waals surface area (Å²) in [4.78, 5) is 23.5. The van der Waals surface area contributed by atoms with Gasteiger partial charge in [-0.25, -0.2) is 4.79 Å². The van der Waals surface area contributed by atoms with E-state index in [0.29, 0.717) is 18.5 Å². The van der Waals surface area contributed by atoms with Gasteiger partial charge < -0.3 is 10.0 Å². The fourth-order valence-electron chi connectivity index (χ4n) is 1.54. The smallest absolute Gasteiger partial charge is 0.331 e. The van der Waals surface area contributed by atoms with Gasteiger partial charge in [0.25, 0.3) is 0 Å². The summed E-state index contributed by atoms with van der Waals surface area (Å²) in [5, 5.41) is 8.81. The summed E-state index contributed by atoms with van der Waals surface area (Å²) in [5.74, 6) is -0.841. The van der Waals surface area contributed by atoms with Crippen molar-refractivity contribution in [2.75, 3.05) is 13.1 Å². The Labute approximate surface area is 83.2 Å². The maximum atomic E-state index is 11.1. The number of amides is 1. The third-order valence-corrected chi connectivity index (χ3v) is 2.39. The van der Waals surface area contributed by atoms with Gasteiger partial charge in [-0.1, -0.05) is 6.08 Å². The van der Waals surface area contributed by atoms with Crippen LogP contribution in [0.5, 0.6) is 0 Å². The molecule has 1 aliphatic rings. The Kier molecular flexibility index (Phi) is 3.68. The first-order chi connectivity index (χ1) is 6.61. The zero-order chi connectivity index (χ0) is 10.6. The van der Waals surface area contributed by atoms with Crippen LogP contribution in [-0.2, 0) is 9.59 Å². The summed E-state index contributed by atoms with van der Waals surface area (Å²) in [5.41, 5.74) is 0.427. The summed E-state index contributed by atoms with van der Waals surface area (Å²) in [6, 6.07) is 0. The van der Waals surface area contributed by atoms with Gasteiger partial charge in [0.05, 0.1) is 0 Å². The zero-order valence-electron chi connectivity index (χ0n) is 8.32. The van der Waals surface area contributed by atoms with Crippen molar-refractivity contribution in [1.29, 1.82) is 0 Å². The minimum Gasteiger partial charge on any atom is -0.478 e. The topological polar surface area (TPSA) is 57.6 Å². The second-order valence-corrected chi connectivity index (χ2v) is 3.43. The number of carbonyl (C=O) groups is 2. The van der Waals surface area contributed by atoms with Gasteiger partial charge in [-0.3, -0.25) is 4.79 Å². The Hall–Kier alpha value is -1.32. The molecule has 0 saturated carbocycles. The molecule has 0 bridgehead atoms. The Balaban J connectivity index is 2.62. The molecule has 4 nitrogen and oxygen atoms in total. The fourth-order valence-corrected chi connectivity index (χ4v) is 1.54. The molecule has 1 rings (SSSR count). The summed E-state index contributed by atoms with van der Waals surface area (Å²) in [7, 11) is 0. The molecule has 0 atom stereocenters. The molecule has 14 heavy (non-hydrogen) atoms. The van der Waals surface area contributed by atoms with Crippen LogP contribution in [0, 0.1) is 0 Å². The molecule has 0 aromatic rings. The van der Waals surface area contributed by atoms with Crippen LogP contribution in [0.2, 0.25) is 0 Å². The molecule has 1 aliphatic heterocycles. The number of nitrogens with zero attached hydrogens (tertiary/aromatic N) is 1. The lowest BCUT2D eigenvalue weighted by Crippen LogP contribution is -2.32. The highest BCUT2D eigenvalue weighted by Gasteiger charge is 2.14. The van der Waals surface area contributed by atoms with Crippen molar-refractivity contribution < 1.29 is 14.7 Å². The predicted molar refractivity (Wildman–Crippen MR) is 51.8 cm³/mol. The van der Waals surface area contributed by atoms with Crippen molar-refractivity contribution in [3.05, 3.63) is 11.6 Å². The van der Waals surface area contributed by atoms with Crippen LogP contribution in [0.3, 0.4) is 0 Å². The molecule has 0 fully saturated rings. The minimum absolute atomic E-state index is 0.0247. The summed E-state index contributed by atoms with van der Waals surface area (Å²) >= 11 is 0. The third-order valence-electron chi connectivity index (χ3n) is 2.39. The number of rotatable bonds is 1. The van der Waals surface area contributed by atoms with Crippen molar-refractivity contribution in [3.8, 4) is 0 Å². The molecule has 78 valence electrons. The highest BCUT2D eigenvalue weighted by Crippen LogP contribution is 2.11. The number of allylic oxidation sites excluding steroid dienone is 1. The van der Waals surface area contributed by atoms with E-state index in [2.05, 4.69) is 0 Å².